The van der Waals surface area contributed by atoms with Crippen LogP contribution in [0.25, 0.3) is 11.3 Å². The topological polar surface area (TPSA) is 50.7 Å². The van der Waals surface area contributed by atoms with E-state index < -0.39 is 0 Å². The molecule has 0 amide bonds. The molecular weight excluding hydrogens is 224 g/mol. The fourth-order valence-electron chi connectivity index (χ4n) is 2.06. The van der Waals surface area contributed by atoms with Crippen molar-refractivity contribution in [2.24, 2.45) is 0 Å². The van der Waals surface area contributed by atoms with E-state index in [0.29, 0.717) is 0 Å². The lowest BCUT2D eigenvalue weighted by atomic mass is 10.0. The summed E-state index contributed by atoms with van der Waals surface area (Å²) in [6.45, 7) is 4.15. The molecule has 0 fully saturated rings. The summed E-state index contributed by atoms with van der Waals surface area (Å²) in [4.78, 5) is 12.9. The normalized spacial score (nSPS) is 10.4. The fourth-order valence-corrected chi connectivity index (χ4v) is 2.06. The molecule has 0 saturated heterocycles. The molecule has 0 saturated carbocycles. The molecule has 0 atom stereocenters. The lowest BCUT2D eigenvalue weighted by molar-refractivity contribution is 0.905. The van der Waals surface area contributed by atoms with Gasteiger partial charge in [0.2, 0.25) is 0 Å². The molecule has 0 aliphatic heterocycles. The van der Waals surface area contributed by atoms with Gasteiger partial charge in [0.1, 0.15) is 12.1 Å². The highest BCUT2D eigenvalue weighted by atomic mass is 15.0. The molecule has 0 aromatic carbocycles. The van der Waals surface area contributed by atoms with Gasteiger partial charge in [-0.3, -0.25) is 4.98 Å². The lowest BCUT2D eigenvalue weighted by Crippen LogP contribution is -2.03. The van der Waals surface area contributed by atoms with E-state index in [1.165, 1.54) is 5.56 Å². The van der Waals surface area contributed by atoms with Crippen molar-refractivity contribution in [3.8, 4) is 11.3 Å². The van der Waals surface area contributed by atoms with Crippen LogP contribution in [0, 0.1) is 6.92 Å². The summed E-state index contributed by atoms with van der Waals surface area (Å²) in [6, 6.07) is 4.05. The summed E-state index contributed by atoms with van der Waals surface area (Å²) < 4.78 is 0. The van der Waals surface area contributed by atoms with Gasteiger partial charge in [-0.05, 0) is 25.5 Å². The summed E-state index contributed by atoms with van der Waals surface area (Å²) >= 11 is 0. The average molecular weight is 242 g/mol. The maximum Gasteiger partial charge on any atom is 0.132 e. The highest BCUT2D eigenvalue weighted by Crippen LogP contribution is 2.26. The number of aromatic nitrogens is 3. The monoisotopic (exact) mass is 242 g/mol. The Bertz CT molecular complexity index is 537. The molecule has 2 aromatic rings. The van der Waals surface area contributed by atoms with Gasteiger partial charge >= 0.3 is 0 Å². The molecule has 0 bridgehead atoms. The van der Waals surface area contributed by atoms with Crippen LogP contribution in [-0.4, -0.2) is 22.0 Å². The van der Waals surface area contributed by atoms with Crippen LogP contribution in [-0.2, 0) is 6.42 Å². The molecule has 4 heteroatoms. The van der Waals surface area contributed by atoms with E-state index >= 15 is 0 Å². The maximum absolute atomic E-state index is 4.44. The van der Waals surface area contributed by atoms with Gasteiger partial charge in [-0.1, -0.05) is 13.3 Å². The van der Waals surface area contributed by atoms with Crippen molar-refractivity contribution < 1.29 is 0 Å². The molecule has 0 radical (unpaired) electrons. The zero-order valence-electron chi connectivity index (χ0n) is 11.1. The third kappa shape index (κ3) is 2.47. The molecule has 2 heterocycles. The van der Waals surface area contributed by atoms with Gasteiger partial charge in [-0.15, -0.1) is 0 Å². The number of rotatable bonds is 4. The zero-order chi connectivity index (χ0) is 13.0. The van der Waals surface area contributed by atoms with Crippen molar-refractivity contribution in [3.05, 3.63) is 35.9 Å². The Morgan fingerprint density at radius 3 is 2.72 bits per heavy atom. The van der Waals surface area contributed by atoms with E-state index in [1.54, 1.807) is 6.33 Å². The number of hydrogen-bond acceptors (Lipinski definition) is 4. The van der Waals surface area contributed by atoms with E-state index in [2.05, 4.69) is 33.3 Å². The van der Waals surface area contributed by atoms with Crippen molar-refractivity contribution in [2.45, 2.75) is 26.7 Å². The van der Waals surface area contributed by atoms with E-state index in [1.807, 2.05) is 26.2 Å². The van der Waals surface area contributed by atoms with Crippen molar-refractivity contribution in [1.82, 2.24) is 15.0 Å². The van der Waals surface area contributed by atoms with Crippen LogP contribution in [0.4, 0.5) is 5.82 Å². The second-order valence-corrected chi connectivity index (χ2v) is 4.24. The quantitative estimate of drug-likeness (QED) is 0.895. The highest BCUT2D eigenvalue weighted by Gasteiger charge is 2.11. The molecule has 1 N–H and O–H groups in total. The Morgan fingerprint density at radius 2 is 2.06 bits per heavy atom. The standard InChI is InChI=1S/C14H18N4/c1-4-5-12-13(17-9-18-14(12)15-3)11-6-7-16-10(2)8-11/h6-9H,4-5H2,1-3H3,(H,15,17,18). The number of pyridine rings is 1. The Hall–Kier alpha value is -1.97. The SMILES string of the molecule is CCCc1c(NC)ncnc1-c1ccnc(C)c1. The van der Waals surface area contributed by atoms with Crippen LogP contribution in [0.3, 0.4) is 0 Å². The van der Waals surface area contributed by atoms with Crippen molar-refractivity contribution in [1.29, 1.82) is 0 Å². The van der Waals surface area contributed by atoms with Gasteiger partial charge in [0, 0.05) is 30.1 Å². The molecular formula is C14H18N4. The highest BCUT2D eigenvalue weighted by molar-refractivity contribution is 5.68. The fraction of sp³-hybridized carbons (Fsp3) is 0.357. The van der Waals surface area contributed by atoms with Gasteiger partial charge in [-0.2, -0.15) is 0 Å². The first-order chi connectivity index (χ1) is 8.76. The Morgan fingerprint density at radius 1 is 1.22 bits per heavy atom. The molecule has 0 aliphatic carbocycles. The number of aryl methyl sites for hydroxylation is 1. The second-order valence-electron chi connectivity index (χ2n) is 4.24. The van der Waals surface area contributed by atoms with Crippen LogP contribution < -0.4 is 5.32 Å². The summed E-state index contributed by atoms with van der Waals surface area (Å²) in [5, 5.41) is 3.14. The maximum atomic E-state index is 4.44. The van der Waals surface area contributed by atoms with Gasteiger partial charge in [0.15, 0.2) is 0 Å². The van der Waals surface area contributed by atoms with Gasteiger partial charge < -0.3 is 5.32 Å². The molecule has 2 rings (SSSR count). The first-order valence-electron chi connectivity index (χ1n) is 6.21. The van der Waals surface area contributed by atoms with Gasteiger partial charge in [0.25, 0.3) is 0 Å². The summed E-state index contributed by atoms with van der Waals surface area (Å²) in [5.41, 5.74) is 4.28. The van der Waals surface area contributed by atoms with Crippen molar-refractivity contribution >= 4 is 5.82 Å². The minimum absolute atomic E-state index is 0.913. The van der Waals surface area contributed by atoms with Crippen molar-refractivity contribution in [2.75, 3.05) is 12.4 Å². The smallest absolute Gasteiger partial charge is 0.132 e. The van der Waals surface area contributed by atoms with E-state index in [-0.39, 0.29) is 0 Å². The first-order valence-corrected chi connectivity index (χ1v) is 6.21. The number of anilines is 1. The van der Waals surface area contributed by atoms with Crippen LogP contribution in [0.5, 0.6) is 0 Å². The molecule has 94 valence electrons. The number of nitrogens with zero attached hydrogens (tertiary/aromatic N) is 3. The second kappa shape index (κ2) is 5.58. The van der Waals surface area contributed by atoms with E-state index in [4.69, 9.17) is 0 Å². The molecule has 18 heavy (non-hydrogen) atoms. The largest absolute Gasteiger partial charge is 0.373 e. The Balaban J connectivity index is 2.55. The molecule has 0 aliphatic rings. The minimum Gasteiger partial charge on any atom is -0.373 e. The summed E-state index contributed by atoms with van der Waals surface area (Å²) in [5.74, 6) is 0.913. The Labute approximate surface area is 108 Å². The molecule has 4 nitrogen and oxygen atoms in total. The van der Waals surface area contributed by atoms with Crippen LogP contribution in [0.15, 0.2) is 24.7 Å². The molecule has 2 aromatic heterocycles. The summed E-state index contributed by atoms with van der Waals surface area (Å²) in [6.07, 6.45) is 5.46. The third-order valence-corrected chi connectivity index (χ3v) is 2.85. The van der Waals surface area contributed by atoms with E-state index in [0.717, 1.165) is 35.6 Å². The molecule has 0 spiro atoms. The predicted molar refractivity (Wildman–Crippen MR) is 73.5 cm³/mol. The predicted octanol–water partition coefficient (Wildman–Crippen LogP) is 2.84. The molecule has 0 unspecified atom stereocenters. The van der Waals surface area contributed by atoms with Gasteiger partial charge in [-0.25, -0.2) is 9.97 Å². The number of hydrogen-bond donors (Lipinski definition) is 1. The van der Waals surface area contributed by atoms with Crippen LogP contribution in [0.2, 0.25) is 0 Å². The Kier molecular flexibility index (Phi) is 3.87. The summed E-state index contributed by atoms with van der Waals surface area (Å²) in [7, 11) is 1.89. The van der Waals surface area contributed by atoms with E-state index in [9.17, 15) is 0 Å². The third-order valence-electron chi connectivity index (χ3n) is 2.85. The van der Waals surface area contributed by atoms with Crippen LogP contribution >= 0.6 is 0 Å². The average Bonchev–Trinajstić information content (AvgIpc) is 2.39. The van der Waals surface area contributed by atoms with Gasteiger partial charge in [0.05, 0.1) is 5.69 Å². The van der Waals surface area contributed by atoms with Crippen molar-refractivity contribution in [3.63, 3.8) is 0 Å². The zero-order valence-corrected chi connectivity index (χ0v) is 11.1. The first kappa shape index (κ1) is 12.5. The van der Waals surface area contributed by atoms with Crippen LogP contribution in [0.1, 0.15) is 24.6 Å². The minimum atomic E-state index is 0.913. The number of nitrogens with one attached hydrogen (secondary N) is 1. The lowest BCUT2D eigenvalue weighted by Gasteiger charge is -2.12.